The number of rotatable bonds is 5. The van der Waals surface area contributed by atoms with E-state index in [-0.39, 0.29) is 11.9 Å². The number of nitrogens with zero attached hydrogens (tertiary/aromatic N) is 6. The zero-order valence-electron chi connectivity index (χ0n) is 15.4. The van der Waals surface area contributed by atoms with Gasteiger partial charge >= 0.3 is 0 Å². The van der Waals surface area contributed by atoms with Gasteiger partial charge in [0.2, 0.25) is 5.91 Å². The first-order valence-electron chi connectivity index (χ1n) is 9.34. The summed E-state index contributed by atoms with van der Waals surface area (Å²) in [5.74, 6) is 0.514. The molecule has 2 aliphatic rings. The number of hydrogen-bond donors (Lipinski definition) is 1. The predicted octanol–water partition coefficient (Wildman–Crippen LogP) is 1.83. The molecule has 9 heteroatoms. The first kappa shape index (κ1) is 18.6. The van der Waals surface area contributed by atoms with E-state index in [4.69, 9.17) is 5.73 Å². The molecule has 0 aromatic carbocycles. The molecule has 1 unspecified atom stereocenters. The van der Waals surface area contributed by atoms with Crippen molar-refractivity contribution in [3.63, 3.8) is 0 Å². The molecule has 1 atom stereocenters. The second kappa shape index (κ2) is 7.70. The van der Waals surface area contributed by atoms with Gasteiger partial charge in [0, 0.05) is 31.8 Å². The van der Waals surface area contributed by atoms with Gasteiger partial charge in [-0.3, -0.25) is 9.69 Å². The van der Waals surface area contributed by atoms with Crippen molar-refractivity contribution in [2.75, 3.05) is 32.4 Å². The fraction of sp³-hybridized carbons (Fsp3) is 0.556. The number of likely N-dealkylation sites (tertiary alicyclic amines) is 1. The van der Waals surface area contributed by atoms with E-state index in [2.05, 4.69) is 49.6 Å². The van der Waals surface area contributed by atoms with Gasteiger partial charge in [-0.15, -0.1) is 0 Å². The number of carbonyl (C=O) groups excluding carboxylic acids is 1. The Hall–Kier alpha value is -1.75. The molecule has 2 N–H and O–H groups in total. The van der Waals surface area contributed by atoms with E-state index in [9.17, 15) is 4.79 Å². The normalized spacial score (nSPS) is 20.9. The molecule has 0 bridgehead atoms. The lowest BCUT2D eigenvalue weighted by atomic mass is 9.92. The molecule has 1 aliphatic heterocycles. The van der Waals surface area contributed by atoms with Crippen molar-refractivity contribution in [3.05, 3.63) is 22.2 Å². The summed E-state index contributed by atoms with van der Waals surface area (Å²) in [6.45, 7) is 2.19. The number of anilines is 1. The van der Waals surface area contributed by atoms with Crippen LogP contribution in [0.1, 0.15) is 31.7 Å². The lowest BCUT2D eigenvalue weighted by Crippen LogP contribution is -2.37. The second-order valence-corrected chi connectivity index (χ2v) is 8.37. The highest BCUT2D eigenvalue weighted by atomic mass is 127. The van der Waals surface area contributed by atoms with E-state index in [0.717, 1.165) is 34.2 Å². The van der Waals surface area contributed by atoms with Crippen LogP contribution in [0.4, 0.5) is 5.82 Å². The summed E-state index contributed by atoms with van der Waals surface area (Å²) in [5.41, 5.74) is 6.71. The van der Waals surface area contributed by atoms with Gasteiger partial charge < -0.3 is 10.6 Å². The maximum atomic E-state index is 12.5. The third-order valence-corrected chi connectivity index (χ3v) is 6.40. The second-order valence-electron chi connectivity index (χ2n) is 7.35. The minimum atomic E-state index is 0.0693. The molecule has 1 aliphatic carbocycles. The number of hydrogen-bond acceptors (Lipinski definition) is 6. The third-order valence-electron chi connectivity index (χ3n) is 5.65. The van der Waals surface area contributed by atoms with Crippen molar-refractivity contribution in [2.24, 2.45) is 0 Å². The van der Waals surface area contributed by atoms with E-state index in [1.54, 1.807) is 6.08 Å². The molecular weight excluding hydrogens is 457 g/mol. The molecule has 0 radical (unpaired) electrons. The lowest BCUT2D eigenvalue weighted by molar-refractivity contribution is -0.125. The molecular formula is C18H24IN7O. The largest absolute Gasteiger partial charge is 0.383 e. The van der Waals surface area contributed by atoms with E-state index in [1.165, 1.54) is 25.6 Å². The Kier molecular flexibility index (Phi) is 5.31. The Labute approximate surface area is 171 Å². The lowest BCUT2D eigenvalue weighted by Gasteiger charge is -2.33. The summed E-state index contributed by atoms with van der Waals surface area (Å²) in [5, 5.41) is 5.40. The van der Waals surface area contributed by atoms with E-state index in [1.807, 2.05) is 15.7 Å². The topological polar surface area (TPSA) is 93.2 Å². The molecule has 4 rings (SSSR count). The predicted molar refractivity (Wildman–Crippen MR) is 112 cm³/mol. The Morgan fingerprint density at radius 3 is 2.96 bits per heavy atom. The van der Waals surface area contributed by atoms with Crippen LogP contribution in [0.2, 0.25) is 0 Å². The minimum absolute atomic E-state index is 0.0693. The van der Waals surface area contributed by atoms with Crippen molar-refractivity contribution in [3.8, 4) is 0 Å². The van der Waals surface area contributed by atoms with Crippen LogP contribution in [0.15, 0.2) is 18.5 Å². The number of likely N-dealkylation sites (N-methyl/N-ethyl adjacent to an activating group) is 1. The van der Waals surface area contributed by atoms with Crippen LogP contribution in [0.5, 0.6) is 0 Å². The van der Waals surface area contributed by atoms with Gasteiger partial charge in [0.15, 0.2) is 5.65 Å². The Bertz CT molecular complexity index is 876. The van der Waals surface area contributed by atoms with Crippen molar-refractivity contribution >= 4 is 45.3 Å². The van der Waals surface area contributed by atoms with Crippen LogP contribution < -0.4 is 5.73 Å². The van der Waals surface area contributed by atoms with Gasteiger partial charge in [0.1, 0.15) is 15.8 Å². The zero-order valence-corrected chi connectivity index (χ0v) is 17.5. The quantitative estimate of drug-likeness (QED) is 0.518. The average molecular weight is 481 g/mol. The molecule has 1 saturated heterocycles. The van der Waals surface area contributed by atoms with Crippen molar-refractivity contribution < 1.29 is 4.79 Å². The number of fused-ring (bicyclic) bond motifs is 1. The van der Waals surface area contributed by atoms with E-state index in [0.29, 0.717) is 18.4 Å². The summed E-state index contributed by atoms with van der Waals surface area (Å²) in [6, 6.07) is 0.797. The molecule has 27 heavy (non-hydrogen) atoms. The number of nitrogen functional groups attached to an aromatic ring is 1. The standard InChI is InChI=1S/C18H24IN7O/c1-24(12-4-2-5-12)8-3-6-14(27)25-9-7-13(10-25)26-18-15(16(19)23-26)17(20)21-11-22-18/h3,6,11-13H,2,4-5,7-10H2,1H3,(H2,20,21,22)/b6-3+. The van der Waals surface area contributed by atoms with Gasteiger partial charge in [-0.1, -0.05) is 12.5 Å². The highest BCUT2D eigenvalue weighted by Crippen LogP contribution is 2.29. The van der Waals surface area contributed by atoms with Crippen molar-refractivity contribution in [2.45, 2.75) is 37.8 Å². The molecule has 2 aromatic heterocycles. The molecule has 8 nitrogen and oxygen atoms in total. The monoisotopic (exact) mass is 481 g/mol. The SMILES string of the molecule is CN(C/C=C/C(=O)N1CCC(n2nc(I)c3c(N)ncnc32)C1)C1CCC1. The number of nitrogens with two attached hydrogens (primary N) is 1. The maximum absolute atomic E-state index is 12.5. The Morgan fingerprint density at radius 2 is 2.22 bits per heavy atom. The number of aromatic nitrogens is 4. The third kappa shape index (κ3) is 3.66. The molecule has 144 valence electrons. The van der Waals surface area contributed by atoms with Crippen LogP contribution in [0.25, 0.3) is 11.0 Å². The van der Waals surface area contributed by atoms with E-state index < -0.39 is 0 Å². The number of carbonyl (C=O) groups is 1. The molecule has 1 amide bonds. The first-order valence-corrected chi connectivity index (χ1v) is 10.4. The maximum Gasteiger partial charge on any atom is 0.246 e. The van der Waals surface area contributed by atoms with Crippen LogP contribution in [-0.2, 0) is 4.79 Å². The fourth-order valence-electron chi connectivity index (χ4n) is 3.75. The highest BCUT2D eigenvalue weighted by molar-refractivity contribution is 14.1. The average Bonchev–Trinajstić information content (AvgIpc) is 3.19. The molecule has 0 spiro atoms. The van der Waals surface area contributed by atoms with Crippen LogP contribution in [-0.4, -0.2) is 68.2 Å². The molecule has 2 fully saturated rings. The van der Waals surface area contributed by atoms with Gasteiger partial charge in [0.05, 0.1) is 11.4 Å². The van der Waals surface area contributed by atoms with Crippen LogP contribution in [0.3, 0.4) is 0 Å². The van der Waals surface area contributed by atoms with Crippen LogP contribution in [0, 0.1) is 3.70 Å². The van der Waals surface area contributed by atoms with E-state index >= 15 is 0 Å². The van der Waals surface area contributed by atoms with Gasteiger partial charge in [-0.25, -0.2) is 14.6 Å². The minimum Gasteiger partial charge on any atom is -0.383 e. The summed E-state index contributed by atoms with van der Waals surface area (Å²) < 4.78 is 2.70. The molecule has 2 aromatic rings. The smallest absolute Gasteiger partial charge is 0.246 e. The molecule has 1 saturated carbocycles. The van der Waals surface area contributed by atoms with Crippen molar-refractivity contribution in [1.29, 1.82) is 0 Å². The Morgan fingerprint density at radius 1 is 1.41 bits per heavy atom. The van der Waals surface area contributed by atoms with Crippen molar-refractivity contribution in [1.82, 2.24) is 29.5 Å². The summed E-state index contributed by atoms with van der Waals surface area (Å²) in [4.78, 5) is 25.1. The summed E-state index contributed by atoms with van der Waals surface area (Å²) in [7, 11) is 2.13. The number of halogens is 1. The Balaban J connectivity index is 1.40. The van der Waals surface area contributed by atoms with Gasteiger partial charge in [-0.2, -0.15) is 5.10 Å². The molecule has 3 heterocycles. The highest BCUT2D eigenvalue weighted by Gasteiger charge is 2.29. The number of amides is 1. The first-order chi connectivity index (χ1) is 13.0. The van der Waals surface area contributed by atoms with Gasteiger partial charge in [0.25, 0.3) is 0 Å². The fourth-order valence-corrected chi connectivity index (χ4v) is 4.50. The summed E-state index contributed by atoms with van der Waals surface area (Å²) in [6.07, 6.45) is 9.89. The van der Waals surface area contributed by atoms with Gasteiger partial charge in [-0.05, 0) is 48.9 Å². The van der Waals surface area contributed by atoms with Crippen LogP contribution >= 0.6 is 22.6 Å². The zero-order chi connectivity index (χ0) is 19.0. The summed E-state index contributed by atoms with van der Waals surface area (Å²) >= 11 is 2.16.